The number of halogens is 1. The average Bonchev–Trinajstić information content (AvgIpc) is 3.10. The van der Waals surface area contributed by atoms with Crippen molar-refractivity contribution in [1.29, 1.82) is 0 Å². The van der Waals surface area contributed by atoms with Gasteiger partial charge in [-0.05, 0) is 49.9 Å². The largest absolute Gasteiger partial charge is 0.492 e. The van der Waals surface area contributed by atoms with E-state index in [2.05, 4.69) is 12.2 Å². The van der Waals surface area contributed by atoms with Gasteiger partial charge in [0, 0.05) is 12.6 Å². The summed E-state index contributed by atoms with van der Waals surface area (Å²) in [5, 5.41) is 3.43. The van der Waals surface area contributed by atoms with E-state index in [4.69, 9.17) is 4.74 Å². The van der Waals surface area contributed by atoms with Crippen LogP contribution in [0.2, 0.25) is 0 Å². The molecule has 2 nitrogen and oxygen atoms in total. The van der Waals surface area contributed by atoms with Gasteiger partial charge in [0.15, 0.2) is 0 Å². The quantitative estimate of drug-likeness (QED) is 0.748. The van der Waals surface area contributed by atoms with Crippen LogP contribution < -0.4 is 10.1 Å². The molecule has 0 bridgehead atoms. The Labute approximate surface area is 95.8 Å². The molecule has 0 amide bonds. The van der Waals surface area contributed by atoms with Crippen molar-refractivity contribution < 1.29 is 9.13 Å². The summed E-state index contributed by atoms with van der Waals surface area (Å²) in [6.45, 7) is 3.69. The maximum absolute atomic E-state index is 12.6. The van der Waals surface area contributed by atoms with Gasteiger partial charge in [-0.25, -0.2) is 4.39 Å². The van der Waals surface area contributed by atoms with Crippen molar-refractivity contribution in [3.63, 3.8) is 0 Å². The first-order chi connectivity index (χ1) is 7.75. The third-order valence-electron chi connectivity index (χ3n) is 2.98. The zero-order valence-electron chi connectivity index (χ0n) is 9.58. The third kappa shape index (κ3) is 3.49. The lowest BCUT2D eigenvalue weighted by atomic mass is 10.2. The van der Waals surface area contributed by atoms with E-state index in [9.17, 15) is 4.39 Å². The number of hydrogen-bond donors (Lipinski definition) is 1. The van der Waals surface area contributed by atoms with Crippen LogP contribution in [0.3, 0.4) is 0 Å². The van der Waals surface area contributed by atoms with Gasteiger partial charge in [0.25, 0.3) is 0 Å². The van der Waals surface area contributed by atoms with Crippen LogP contribution in [0.1, 0.15) is 19.8 Å². The molecule has 0 heterocycles. The molecule has 0 aliphatic heterocycles. The topological polar surface area (TPSA) is 21.3 Å². The van der Waals surface area contributed by atoms with Crippen LogP contribution in [0, 0.1) is 11.7 Å². The molecule has 1 aromatic rings. The van der Waals surface area contributed by atoms with Crippen molar-refractivity contribution in [1.82, 2.24) is 5.32 Å². The van der Waals surface area contributed by atoms with Crippen LogP contribution >= 0.6 is 0 Å². The van der Waals surface area contributed by atoms with E-state index >= 15 is 0 Å². The monoisotopic (exact) mass is 223 g/mol. The minimum Gasteiger partial charge on any atom is -0.492 e. The molecular weight excluding hydrogens is 205 g/mol. The van der Waals surface area contributed by atoms with Crippen LogP contribution in [-0.4, -0.2) is 19.2 Å². The summed E-state index contributed by atoms with van der Waals surface area (Å²) >= 11 is 0. The van der Waals surface area contributed by atoms with Crippen molar-refractivity contribution in [2.24, 2.45) is 5.92 Å². The summed E-state index contributed by atoms with van der Waals surface area (Å²) in [6.07, 6.45) is 2.71. The zero-order chi connectivity index (χ0) is 11.4. The van der Waals surface area contributed by atoms with E-state index in [0.29, 0.717) is 12.6 Å². The van der Waals surface area contributed by atoms with Gasteiger partial charge < -0.3 is 10.1 Å². The highest BCUT2D eigenvalue weighted by atomic mass is 19.1. The van der Waals surface area contributed by atoms with Gasteiger partial charge in [0.05, 0.1) is 0 Å². The van der Waals surface area contributed by atoms with Crippen LogP contribution in [0.4, 0.5) is 4.39 Å². The van der Waals surface area contributed by atoms with Gasteiger partial charge >= 0.3 is 0 Å². The highest BCUT2D eigenvalue weighted by Crippen LogP contribution is 2.32. The minimum atomic E-state index is -0.229. The predicted octanol–water partition coefficient (Wildman–Crippen LogP) is 2.59. The number of hydrogen-bond acceptors (Lipinski definition) is 2. The number of rotatable bonds is 6. The smallest absolute Gasteiger partial charge is 0.123 e. The molecule has 1 fully saturated rings. The van der Waals surface area contributed by atoms with E-state index in [1.165, 1.54) is 25.0 Å². The summed E-state index contributed by atoms with van der Waals surface area (Å²) < 4.78 is 18.1. The lowest BCUT2D eigenvalue weighted by molar-refractivity contribution is 0.303. The summed E-state index contributed by atoms with van der Waals surface area (Å²) in [6, 6.07) is 6.72. The van der Waals surface area contributed by atoms with E-state index < -0.39 is 0 Å². The van der Waals surface area contributed by atoms with Crippen LogP contribution in [0.15, 0.2) is 24.3 Å². The Bertz CT molecular complexity index is 321. The summed E-state index contributed by atoms with van der Waals surface area (Å²) in [4.78, 5) is 0. The normalized spacial score (nSPS) is 17.1. The number of benzene rings is 1. The first-order valence-electron chi connectivity index (χ1n) is 5.87. The lowest BCUT2D eigenvalue weighted by Crippen LogP contribution is -2.31. The fourth-order valence-corrected chi connectivity index (χ4v) is 1.75. The molecule has 1 atom stereocenters. The molecule has 0 saturated heterocycles. The number of ether oxygens (including phenoxy) is 1. The fraction of sp³-hybridized carbons (Fsp3) is 0.538. The zero-order valence-corrected chi connectivity index (χ0v) is 9.58. The molecule has 2 rings (SSSR count). The molecule has 0 spiro atoms. The van der Waals surface area contributed by atoms with E-state index in [1.807, 2.05) is 0 Å². The molecular formula is C13H18FNO. The second-order valence-corrected chi connectivity index (χ2v) is 4.38. The molecule has 1 N–H and O–H groups in total. The Hall–Kier alpha value is -1.09. The third-order valence-corrected chi connectivity index (χ3v) is 2.98. The first kappa shape index (κ1) is 11.4. The molecule has 88 valence electrons. The second-order valence-electron chi connectivity index (χ2n) is 4.38. The SMILES string of the molecule is CC(NCCOc1ccc(F)cc1)C1CC1. The Balaban J connectivity index is 1.62. The fourth-order valence-electron chi connectivity index (χ4n) is 1.75. The van der Waals surface area contributed by atoms with E-state index in [1.54, 1.807) is 12.1 Å². The summed E-state index contributed by atoms with van der Waals surface area (Å²) in [5.74, 6) is 1.36. The van der Waals surface area contributed by atoms with Gasteiger partial charge in [-0.2, -0.15) is 0 Å². The van der Waals surface area contributed by atoms with Crippen LogP contribution in [0.25, 0.3) is 0 Å². The maximum Gasteiger partial charge on any atom is 0.123 e. The summed E-state index contributed by atoms with van der Waals surface area (Å²) in [5.41, 5.74) is 0. The first-order valence-corrected chi connectivity index (χ1v) is 5.87. The highest BCUT2D eigenvalue weighted by molar-refractivity contribution is 5.21. The minimum absolute atomic E-state index is 0.229. The van der Waals surface area contributed by atoms with Crippen molar-refractivity contribution in [3.8, 4) is 5.75 Å². The van der Waals surface area contributed by atoms with E-state index in [-0.39, 0.29) is 5.82 Å². The van der Waals surface area contributed by atoms with Crippen molar-refractivity contribution in [2.75, 3.05) is 13.2 Å². The molecule has 1 aromatic carbocycles. The Morgan fingerprint density at radius 2 is 2.06 bits per heavy atom. The molecule has 1 unspecified atom stereocenters. The molecule has 16 heavy (non-hydrogen) atoms. The van der Waals surface area contributed by atoms with Gasteiger partial charge in [0.1, 0.15) is 18.2 Å². The number of nitrogens with one attached hydrogen (secondary N) is 1. The highest BCUT2D eigenvalue weighted by Gasteiger charge is 2.27. The standard InChI is InChI=1S/C13H18FNO/c1-10(11-2-3-11)15-8-9-16-13-6-4-12(14)5-7-13/h4-7,10-11,15H,2-3,8-9H2,1H3. The average molecular weight is 223 g/mol. The van der Waals surface area contributed by atoms with Crippen molar-refractivity contribution in [2.45, 2.75) is 25.8 Å². The molecule has 1 saturated carbocycles. The van der Waals surface area contributed by atoms with Crippen molar-refractivity contribution >= 4 is 0 Å². The molecule has 3 heteroatoms. The van der Waals surface area contributed by atoms with Crippen LogP contribution in [-0.2, 0) is 0 Å². The van der Waals surface area contributed by atoms with Gasteiger partial charge in [-0.15, -0.1) is 0 Å². The molecule has 1 aliphatic rings. The van der Waals surface area contributed by atoms with Gasteiger partial charge in [0.2, 0.25) is 0 Å². The second kappa shape index (κ2) is 5.30. The predicted molar refractivity (Wildman–Crippen MR) is 62.1 cm³/mol. The maximum atomic E-state index is 12.6. The molecule has 0 aromatic heterocycles. The van der Waals surface area contributed by atoms with Gasteiger partial charge in [-0.3, -0.25) is 0 Å². The van der Waals surface area contributed by atoms with Crippen LogP contribution in [0.5, 0.6) is 5.75 Å². The Morgan fingerprint density at radius 1 is 1.38 bits per heavy atom. The molecule has 1 aliphatic carbocycles. The summed E-state index contributed by atoms with van der Waals surface area (Å²) in [7, 11) is 0. The molecule has 0 radical (unpaired) electrons. The van der Waals surface area contributed by atoms with Crippen molar-refractivity contribution in [3.05, 3.63) is 30.1 Å². The Kier molecular flexibility index (Phi) is 3.78. The van der Waals surface area contributed by atoms with Gasteiger partial charge in [-0.1, -0.05) is 0 Å². The van der Waals surface area contributed by atoms with E-state index in [0.717, 1.165) is 18.2 Å². The Morgan fingerprint density at radius 3 is 2.69 bits per heavy atom. The lowest BCUT2D eigenvalue weighted by Gasteiger charge is -2.13.